The van der Waals surface area contributed by atoms with Crippen molar-refractivity contribution >= 4 is 11.7 Å². The Morgan fingerprint density at radius 3 is 2.45 bits per heavy atom. The molecule has 0 atom stereocenters. The van der Waals surface area contributed by atoms with Crippen LogP contribution in [0.4, 0.5) is 4.39 Å². The van der Waals surface area contributed by atoms with Gasteiger partial charge in [-0.2, -0.15) is 0 Å². The van der Waals surface area contributed by atoms with E-state index in [0.29, 0.717) is 24.4 Å². The lowest BCUT2D eigenvalue weighted by atomic mass is 10.0. The minimum atomic E-state index is -0.818. The van der Waals surface area contributed by atoms with Gasteiger partial charge in [-0.05, 0) is 35.2 Å². The summed E-state index contributed by atoms with van der Waals surface area (Å²) in [7, 11) is 0. The lowest BCUT2D eigenvalue weighted by Crippen LogP contribution is -2.17. The van der Waals surface area contributed by atoms with Gasteiger partial charge in [0.25, 0.3) is 0 Å². The Hall–Kier alpha value is -3.51. The Balaban J connectivity index is 1.53. The first kappa shape index (κ1) is 22.2. The van der Waals surface area contributed by atoms with Crippen LogP contribution in [0.25, 0.3) is 11.1 Å². The van der Waals surface area contributed by atoms with E-state index in [9.17, 15) is 9.18 Å². The normalized spacial score (nSPS) is 11.4. The molecule has 160 valence electrons. The molecule has 0 radical (unpaired) electrons. The summed E-state index contributed by atoms with van der Waals surface area (Å²) >= 11 is 0. The van der Waals surface area contributed by atoms with Gasteiger partial charge in [-0.15, -0.1) is 0 Å². The van der Waals surface area contributed by atoms with Gasteiger partial charge in [0.05, 0.1) is 12.1 Å². The average molecular weight is 420 g/mol. The van der Waals surface area contributed by atoms with E-state index in [4.69, 9.17) is 9.94 Å². The molecule has 0 aromatic heterocycles. The first-order valence-corrected chi connectivity index (χ1v) is 10.0. The second-order valence-electron chi connectivity index (χ2n) is 7.14. The molecule has 0 fully saturated rings. The van der Waals surface area contributed by atoms with Crippen LogP contribution in [0.3, 0.4) is 0 Å². The molecule has 0 saturated carbocycles. The number of hydrogen-bond acceptors (Lipinski definition) is 4. The fraction of sp³-hybridized carbons (Fsp3) is 0.200. The van der Waals surface area contributed by atoms with E-state index in [1.165, 1.54) is 6.07 Å². The van der Waals surface area contributed by atoms with Crippen LogP contribution in [0, 0.1) is 5.82 Å². The van der Waals surface area contributed by atoms with Crippen molar-refractivity contribution in [2.24, 2.45) is 5.16 Å². The molecule has 3 rings (SSSR count). The second kappa shape index (κ2) is 11.0. The summed E-state index contributed by atoms with van der Waals surface area (Å²) in [6.07, 6.45) is 0.0940. The van der Waals surface area contributed by atoms with Crippen molar-refractivity contribution in [2.45, 2.75) is 26.5 Å². The van der Waals surface area contributed by atoms with Crippen molar-refractivity contribution in [1.29, 1.82) is 0 Å². The Labute approximate surface area is 181 Å². The minimum absolute atomic E-state index is 0.0455. The molecule has 0 heterocycles. The highest BCUT2D eigenvalue weighted by molar-refractivity contribution is 5.98. The van der Waals surface area contributed by atoms with Crippen molar-refractivity contribution < 1.29 is 19.1 Å². The highest BCUT2D eigenvalue weighted by Crippen LogP contribution is 2.22. The van der Waals surface area contributed by atoms with Crippen LogP contribution in [0.15, 0.2) is 78.0 Å². The highest BCUT2D eigenvalue weighted by Gasteiger charge is 2.06. The van der Waals surface area contributed by atoms with E-state index in [2.05, 4.69) is 10.5 Å². The van der Waals surface area contributed by atoms with Crippen molar-refractivity contribution in [3.8, 4) is 11.1 Å². The Kier molecular flexibility index (Phi) is 7.90. The number of nitrogens with one attached hydrogen (secondary N) is 1. The number of nitrogens with zero attached hydrogens (tertiary/aromatic N) is 1. The zero-order valence-corrected chi connectivity index (χ0v) is 17.3. The van der Waals surface area contributed by atoms with Gasteiger partial charge in [-0.3, -0.25) is 4.79 Å². The number of rotatable bonds is 10. The topological polar surface area (TPSA) is 70.9 Å². The van der Waals surface area contributed by atoms with Gasteiger partial charge in [0.1, 0.15) is 12.4 Å². The molecule has 2 N–H and O–H groups in total. The molecule has 0 aliphatic heterocycles. The smallest absolute Gasteiger partial charge is 0.304 e. The quantitative estimate of drug-likeness (QED) is 0.275. The molecule has 6 heteroatoms. The van der Waals surface area contributed by atoms with E-state index in [0.717, 1.165) is 22.3 Å². The zero-order valence-electron chi connectivity index (χ0n) is 17.3. The summed E-state index contributed by atoms with van der Waals surface area (Å²) < 4.78 is 14.4. The molecule has 0 aliphatic rings. The summed E-state index contributed by atoms with van der Waals surface area (Å²) in [5.74, 6) is -1.14. The summed E-state index contributed by atoms with van der Waals surface area (Å²) in [6.45, 7) is 2.89. The molecular weight excluding hydrogens is 395 g/mol. The molecule has 0 amide bonds. The van der Waals surface area contributed by atoms with E-state index >= 15 is 0 Å². The Morgan fingerprint density at radius 1 is 1.03 bits per heavy atom. The maximum Gasteiger partial charge on any atom is 0.304 e. The largest absolute Gasteiger partial charge is 0.481 e. The lowest BCUT2D eigenvalue weighted by molar-refractivity contribution is -0.136. The van der Waals surface area contributed by atoms with E-state index in [1.807, 2.05) is 67.6 Å². The van der Waals surface area contributed by atoms with Gasteiger partial charge in [-0.1, -0.05) is 71.9 Å². The number of halogens is 1. The first-order valence-electron chi connectivity index (χ1n) is 10.0. The average Bonchev–Trinajstić information content (AvgIpc) is 2.78. The molecule has 0 unspecified atom stereocenters. The summed E-state index contributed by atoms with van der Waals surface area (Å²) in [6, 6.07) is 22.5. The summed E-state index contributed by atoms with van der Waals surface area (Å²) in [5.41, 5.74) is 4.85. The van der Waals surface area contributed by atoms with Crippen LogP contribution in [0.5, 0.6) is 0 Å². The lowest BCUT2D eigenvalue weighted by Gasteiger charge is -2.07. The number of hydrogen-bond donors (Lipinski definition) is 2. The second-order valence-corrected chi connectivity index (χ2v) is 7.14. The highest BCUT2D eigenvalue weighted by atomic mass is 19.1. The molecular formula is C25H25FN2O3. The third-order valence-electron chi connectivity index (χ3n) is 4.80. The van der Waals surface area contributed by atoms with Gasteiger partial charge in [0.2, 0.25) is 0 Å². The maximum absolute atomic E-state index is 14.4. The van der Waals surface area contributed by atoms with E-state index in [-0.39, 0.29) is 18.8 Å². The molecule has 0 aliphatic carbocycles. The Bertz CT molecular complexity index is 1030. The summed E-state index contributed by atoms with van der Waals surface area (Å²) in [4.78, 5) is 15.9. The van der Waals surface area contributed by atoms with Gasteiger partial charge in [0, 0.05) is 18.7 Å². The summed E-state index contributed by atoms with van der Waals surface area (Å²) in [5, 5.41) is 15.8. The zero-order chi connectivity index (χ0) is 22.1. The number of carboxylic acid groups (broad SMARTS) is 1. The predicted molar refractivity (Wildman–Crippen MR) is 119 cm³/mol. The molecule has 31 heavy (non-hydrogen) atoms. The molecule has 3 aromatic carbocycles. The fourth-order valence-corrected chi connectivity index (χ4v) is 3.02. The van der Waals surface area contributed by atoms with E-state index in [1.54, 1.807) is 6.07 Å². The first-order chi connectivity index (χ1) is 15.0. The van der Waals surface area contributed by atoms with Crippen LogP contribution in [0.1, 0.15) is 30.0 Å². The predicted octanol–water partition coefficient (Wildman–Crippen LogP) is 5.00. The molecule has 3 aromatic rings. The van der Waals surface area contributed by atoms with Crippen molar-refractivity contribution in [2.75, 3.05) is 6.54 Å². The third-order valence-corrected chi connectivity index (χ3v) is 4.80. The molecule has 0 saturated heterocycles. The fourth-order valence-electron chi connectivity index (χ4n) is 3.02. The van der Waals surface area contributed by atoms with Crippen molar-refractivity contribution in [3.63, 3.8) is 0 Å². The number of aliphatic carboxylic acids is 1. The van der Waals surface area contributed by atoms with Crippen molar-refractivity contribution in [1.82, 2.24) is 5.32 Å². The standard InChI is InChI=1S/C25H25FN2O3/c1-18(20-9-7-19(8-10-20)16-27-14-13-25(29)30)28-31-17-23-12-11-22(15-24(23)26)21-5-3-2-4-6-21/h2-12,15,27H,13-14,16-17H2,1H3,(H,29,30)/b28-18+. The van der Waals surface area contributed by atoms with Crippen LogP contribution >= 0.6 is 0 Å². The SMILES string of the molecule is C/C(=N\OCc1ccc(-c2ccccc2)cc1F)c1ccc(CNCCC(=O)O)cc1. The molecule has 0 spiro atoms. The number of oxime groups is 1. The minimum Gasteiger partial charge on any atom is -0.481 e. The van der Waals surface area contributed by atoms with Gasteiger partial charge >= 0.3 is 5.97 Å². The number of carboxylic acids is 1. The third kappa shape index (κ3) is 6.76. The molecule has 5 nitrogen and oxygen atoms in total. The van der Waals surface area contributed by atoms with Crippen LogP contribution in [-0.4, -0.2) is 23.3 Å². The maximum atomic E-state index is 14.4. The Morgan fingerprint density at radius 2 is 1.77 bits per heavy atom. The number of carbonyl (C=O) groups is 1. The van der Waals surface area contributed by atoms with E-state index < -0.39 is 5.97 Å². The van der Waals surface area contributed by atoms with Gasteiger partial charge in [0.15, 0.2) is 0 Å². The van der Waals surface area contributed by atoms with Gasteiger partial charge < -0.3 is 15.3 Å². The molecule has 0 bridgehead atoms. The monoisotopic (exact) mass is 420 g/mol. The van der Waals surface area contributed by atoms with Crippen molar-refractivity contribution in [3.05, 3.63) is 95.3 Å². The van der Waals surface area contributed by atoms with Crippen LogP contribution in [-0.2, 0) is 22.8 Å². The van der Waals surface area contributed by atoms with Crippen LogP contribution in [0.2, 0.25) is 0 Å². The van der Waals surface area contributed by atoms with Crippen LogP contribution < -0.4 is 5.32 Å². The van der Waals surface area contributed by atoms with Gasteiger partial charge in [-0.25, -0.2) is 4.39 Å². The number of benzene rings is 3.